The van der Waals surface area contributed by atoms with Crippen molar-refractivity contribution in [2.24, 2.45) is 69.0 Å². The number of alkyl halides is 22. The van der Waals surface area contributed by atoms with Crippen molar-refractivity contribution < 1.29 is 220 Å². The molecule has 24 unspecified atom stereocenters. The Morgan fingerprint density at radius 1 is 0.323 bits per heavy atom. The Kier molecular flexibility index (Phi) is 24.1. The van der Waals surface area contributed by atoms with Gasteiger partial charge in [0.15, 0.2) is 21.7 Å². The van der Waals surface area contributed by atoms with Gasteiger partial charge in [-0.25, -0.2) is 55.9 Å². The van der Waals surface area contributed by atoms with Gasteiger partial charge in [-0.1, -0.05) is 54.0 Å². The van der Waals surface area contributed by atoms with E-state index in [1.54, 1.807) is 13.8 Å². The van der Waals surface area contributed by atoms with Crippen molar-refractivity contribution in [1.29, 1.82) is 0 Å². The minimum Gasteiger partial charge on any atom is -0.458 e. The zero-order valence-electron chi connectivity index (χ0n) is 68.9. The standard InChI is InChI=1S/C22H21F9O6.C21H21F7O6.C20H21F5O6.C19H21F3O6/c1-3-17(6-4-5-7-17)37-16(34)19(22(29,30)31)10-8-11-13(36-15(33)18(11,19)21(26,27)28)12(10)35-14(32)9(2)20(23,24)25;1-3-17(6-4-5-7-17)34-16(31)19(21(26,27)28)10-8-11-13(12(10)32-14(29)9(2)22)33-15(30)18(11,19)20(23,24)25;1-3-17(6-4-5-7-17)31-16(28)19(22)10-8-11-13(30-15(27)18(11,19)21)12(10)29-14(26)9(2)20(23,24)25;1-3-17(6-4-5-7-17)28-16(25)19(22)10-8-11-13(27-15(24)18(11,19)21)12(10)26-14(23)9(2)20/h10-13H,2-8H2,1H3;10-13H,2-8H2,1H3;10-13H,2-8H2,1H3;10-13H,2-8H2,1H3. The van der Waals surface area contributed by atoms with Crippen LogP contribution in [0.4, 0.5) is 105 Å². The minimum atomic E-state index is -6.10. The summed E-state index contributed by atoms with van der Waals surface area (Å²) < 4.78 is 403. The van der Waals surface area contributed by atoms with Crippen LogP contribution in [-0.2, 0) is 114 Å². The van der Waals surface area contributed by atoms with Crippen LogP contribution in [0, 0.1) is 69.0 Å². The normalized spacial score (nSPS) is 39.0. The highest BCUT2D eigenvalue weighted by Gasteiger charge is 3.01. The van der Waals surface area contributed by atoms with Crippen molar-refractivity contribution in [1.82, 2.24) is 0 Å². The molecule has 0 aromatic heterocycles. The van der Waals surface area contributed by atoms with Crippen molar-refractivity contribution in [2.45, 2.75) is 313 Å². The van der Waals surface area contributed by atoms with Gasteiger partial charge in [0.2, 0.25) is 11.7 Å². The van der Waals surface area contributed by atoms with Crippen molar-refractivity contribution in [3.8, 4) is 0 Å². The highest BCUT2D eigenvalue weighted by molar-refractivity contribution is 6.00. The number of halogens is 24. The molecule has 48 heteroatoms. The summed E-state index contributed by atoms with van der Waals surface area (Å²) in [6.45, 7) is 17.0. The molecule has 4 aliphatic heterocycles. The molecule has 24 atom stereocenters. The summed E-state index contributed by atoms with van der Waals surface area (Å²) in [5.74, 6) is -41.8. The Morgan fingerprint density at radius 2 is 0.546 bits per heavy atom. The van der Waals surface area contributed by atoms with Crippen LogP contribution in [0.2, 0.25) is 0 Å². The molecule has 0 aromatic rings. The topological polar surface area (TPSA) is 316 Å². The maximum atomic E-state index is 16.2. The number of hydrogen-bond acceptors (Lipinski definition) is 24. The summed E-state index contributed by atoms with van der Waals surface area (Å²) in [5.41, 5.74) is -40.1. The Hall–Kier alpha value is -9.08. The second kappa shape index (κ2) is 31.8. The van der Waals surface area contributed by atoms with E-state index in [1.807, 2.05) is 0 Å². The lowest BCUT2D eigenvalue weighted by atomic mass is 9.54. The van der Waals surface area contributed by atoms with Gasteiger partial charge in [0.1, 0.15) is 82.4 Å². The third-order valence-corrected chi connectivity index (χ3v) is 30.8. The second-order valence-electron chi connectivity index (χ2n) is 36.1. The lowest BCUT2D eigenvalue weighted by molar-refractivity contribution is -0.341. The van der Waals surface area contributed by atoms with Crippen LogP contribution in [0.5, 0.6) is 0 Å². The van der Waals surface area contributed by atoms with Gasteiger partial charge in [-0.15, -0.1) is 0 Å². The van der Waals surface area contributed by atoms with Crippen molar-refractivity contribution in [3.63, 3.8) is 0 Å². The van der Waals surface area contributed by atoms with Crippen molar-refractivity contribution in [3.05, 3.63) is 49.1 Å². The number of carbonyl (C=O) groups is 12. The fraction of sp³-hybridized carbons (Fsp3) is 0.756. The van der Waals surface area contributed by atoms with Crippen LogP contribution in [0.1, 0.15) is 182 Å². The van der Waals surface area contributed by atoms with Crippen LogP contribution in [-0.4, -0.2) is 203 Å². The van der Waals surface area contributed by atoms with E-state index in [4.69, 9.17) is 42.6 Å². The largest absolute Gasteiger partial charge is 0.458 e. The molecule has 0 N–H and O–H groups in total. The predicted molar refractivity (Wildman–Crippen MR) is 376 cm³/mol. The van der Waals surface area contributed by atoms with Gasteiger partial charge in [0.25, 0.3) is 22.7 Å². The molecule has 16 rings (SSSR count). The SMILES string of the molecule is C=C(C(=O)OC1C2OC(=O)C3(C(F)(F)F)C2CC1C3(C(=O)OC1(CC)CCCC1)C(F)(F)F)C(F)(F)F.C=C(C(=O)OC1C2OC(=O)C3(F)C2CC1C3(F)C(=O)OC1(CC)CCCC1)C(F)(F)F.C=C(F)C(=O)OC1C2OC(=O)C3(C(F)(F)F)C2CC1C3(C(=O)OC1(CC)CCCC1)C(F)(F)F.C=C(F)C(=O)OC1C2OC(=O)C3(F)C2CC1C3(F)C(=O)OC1(CC)CCCC1. The van der Waals surface area contributed by atoms with Gasteiger partial charge in [0, 0.05) is 47.3 Å². The molecule has 0 aromatic carbocycles. The van der Waals surface area contributed by atoms with E-state index in [-0.39, 0.29) is 44.9 Å². The van der Waals surface area contributed by atoms with E-state index in [9.17, 15) is 145 Å². The smallest absolute Gasteiger partial charge is 0.422 e. The quantitative estimate of drug-likeness (QED) is 0.0473. The van der Waals surface area contributed by atoms with Gasteiger partial charge in [-0.2, -0.15) is 87.8 Å². The first-order chi connectivity index (χ1) is 59.8. The minimum absolute atomic E-state index is 0.0311. The zero-order chi connectivity index (χ0) is 96.9. The third-order valence-electron chi connectivity index (χ3n) is 30.8. The molecule has 12 saturated carbocycles. The van der Waals surface area contributed by atoms with Crippen molar-refractivity contribution in [2.75, 3.05) is 0 Å². The molecule has 24 nitrogen and oxygen atoms in total. The van der Waals surface area contributed by atoms with Gasteiger partial charge < -0.3 is 56.8 Å². The summed E-state index contributed by atoms with van der Waals surface area (Å²) in [4.78, 5) is 150. The van der Waals surface area contributed by atoms with E-state index in [1.165, 1.54) is 13.8 Å². The Bertz CT molecular complexity index is 4720. The maximum absolute atomic E-state index is 16.2. The molecule has 0 amide bonds. The van der Waals surface area contributed by atoms with Crippen molar-refractivity contribution >= 4 is 71.6 Å². The number of fused-ring (bicyclic) bond motifs is 4. The van der Waals surface area contributed by atoms with Gasteiger partial charge in [0.05, 0.1) is 0 Å². The third kappa shape index (κ3) is 13.4. The first-order valence-corrected chi connectivity index (χ1v) is 41.7. The lowest BCUT2D eigenvalue weighted by Gasteiger charge is -2.49. The van der Waals surface area contributed by atoms with Crippen LogP contribution < -0.4 is 0 Å². The summed E-state index contributed by atoms with van der Waals surface area (Å²) >= 11 is 0. The number of carbonyl (C=O) groups excluding carboxylic acids is 12. The van der Waals surface area contributed by atoms with Crippen LogP contribution in [0.15, 0.2) is 49.1 Å². The maximum Gasteiger partial charge on any atom is 0.422 e. The molecule has 4 saturated heterocycles. The first-order valence-electron chi connectivity index (χ1n) is 41.7. The van der Waals surface area contributed by atoms with E-state index in [2.05, 4.69) is 40.5 Å². The van der Waals surface area contributed by atoms with Crippen LogP contribution >= 0.6 is 0 Å². The van der Waals surface area contributed by atoms with Gasteiger partial charge in [-0.05, 0) is 154 Å². The fourth-order valence-electron chi connectivity index (χ4n) is 24.5. The highest BCUT2D eigenvalue weighted by atomic mass is 19.4. The summed E-state index contributed by atoms with van der Waals surface area (Å²) in [5, 5.41) is 0. The average Bonchev–Trinajstić information content (AvgIpc) is 1.46. The fourth-order valence-corrected chi connectivity index (χ4v) is 24.5. The lowest BCUT2D eigenvalue weighted by Crippen LogP contribution is -2.70. The summed E-state index contributed by atoms with van der Waals surface area (Å²) in [6, 6.07) is 0. The first kappa shape index (κ1) is 98.4. The predicted octanol–water partition coefficient (Wildman–Crippen LogP) is 15.2. The second-order valence-corrected chi connectivity index (χ2v) is 36.1. The number of ether oxygens (including phenoxy) is 12. The van der Waals surface area contributed by atoms with Gasteiger partial charge in [-0.3, -0.25) is 19.2 Å². The molecular weight excluding hydrogens is 1820 g/mol. The highest BCUT2D eigenvalue weighted by Crippen LogP contribution is 2.82. The van der Waals surface area contributed by atoms with E-state index in [0.29, 0.717) is 64.2 Å². The van der Waals surface area contributed by atoms with E-state index >= 15 is 17.6 Å². The summed E-state index contributed by atoms with van der Waals surface area (Å²) in [7, 11) is 0. The molecule has 0 radical (unpaired) electrons. The van der Waals surface area contributed by atoms with Gasteiger partial charge >= 0.3 is 109 Å². The molecular formula is C82H84F24O24. The number of hydrogen-bond donors (Lipinski definition) is 0. The molecule has 130 heavy (non-hydrogen) atoms. The zero-order valence-corrected chi connectivity index (χ0v) is 68.9. The average molecular weight is 1910 g/mol. The Balaban J connectivity index is 0.000000148. The van der Waals surface area contributed by atoms with E-state index < -0.39 is 314 Å². The Morgan fingerprint density at radius 3 is 0.777 bits per heavy atom. The molecule has 4 heterocycles. The molecule has 0 spiro atoms. The molecule has 12 aliphatic carbocycles. The molecule has 724 valence electrons. The van der Waals surface area contributed by atoms with Crippen LogP contribution in [0.3, 0.4) is 0 Å². The monoisotopic (exact) mass is 1910 g/mol. The molecule has 8 bridgehead atoms. The molecule has 16 fully saturated rings. The Labute approximate surface area is 720 Å². The van der Waals surface area contributed by atoms with Crippen LogP contribution in [0.25, 0.3) is 0 Å². The molecule has 16 aliphatic rings. The van der Waals surface area contributed by atoms with E-state index in [0.717, 1.165) is 25.7 Å². The number of esters is 12. The summed E-state index contributed by atoms with van der Waals surface area (Å²) in [6.07, 6.45) is -43.9. The number of rotatable bonds is 20.